The second-order valence-corrected chi connectivity index (χ2v) is 4.64. The van der Waals surface area contributed by atoms with E-state index in [2.05, 4.69) is 22.6 Å². The van der Waals surface area contributed by atoms with Crippen LogP contribution >= 0.6 is 33.9 Å². The van der Waals surface area contributed by atoms with Gasteiger partial charge in [-0.05, 0) is 34.7 Å². The van der Waals surface area contributed by atoms with Crippen LogP contribution in [0.15, 0.2) is 17.5 Å². The Morgan fingerprint density at radius 3 is 2.92 bits per heavy atom. The summed E-state index contributed by atoms with van der Waals surface area (Å²) >= 11 is 3.51. The normalized spacial score (nSPS) is 10.7. The van der Waals surface area contributed by atoms with Gasteiger partial charge < -0.3 is 4.74 Å². The third kappa shape index (κ3) is 1.52. The Labute approximate surface area is 92.7 Å². The van der Waals surface area contributed by atoms with Gasteiger partial charge in [-0.15, -0.1) is 11.3 Å². The van der Waals surface area contributed by atoms with Crippen LogP contribution in [0.4, 0.5) is 4.39 Å². The summed E-state index contributed by atoms with van der Waals surface area (Å²) in [5.41, 5.74) is 0. The summed E-state index contributed by atoms with van der Waals surface area (Å²) in [4.78, 5) is 0. The Morgan fingerprint density at radius 2 is 2.23 bits per heavy atom. The molecule has 0 N–H and O–H groups in total. The van der Waals surface area contributed by atoms with E-state index in [1.54, 1.807) is 7.11 Å². The maximum Gasteiger partial charge on any atom is 0.142 e. The summed E-state index contributed by atoms with van der Waals surface area (Å²) in [6.07, 6.45) is 0. The molecule has 68 valence electrons. The highest BCUT2D eigenvalue weighted by atomic mass is 127. The van der Waals surface area contributed by atoms with Crippen LogP contribution in [0, 0.1) is 9.39 Å². The molecule has 0 atom stereocenters. The number of ether oxygens (including phenoxy) is 1. The van der Waals surface area contributed by atoms with Gasteiger partial charge in [0.2, 0.25) is 0 Å². The van der Waals surface area contributed by atoms with Crippen molar-refractivity contribution in [2.24, 2.45) is 0 Å². The van der Waals surface area contributed by atoms with Crippen molar-refractivity contribution >= 4 is 44.0 Å². The molecule has 1 nitrogen and oxygen atoms in total. The number of hydrogen-bond acceptors (Lipinski definition) is 2. The van der Waals surface area contributed by atoms with Crippen molar-refractivity contribution in [3.8, 4) is 5.75 Å². The van der Waals surface area contributed by atoms with Crippen LogP contribution in [-0.2, 0) is 0 Å². The summed E-state index contributed by atoms with van der Waals surface area (Å²) in [7, 11) is 1.61. The van der Waals surface area contributed by atoms with Crippen molar-refractivity contribution in [2.45, 2.75) is 0 Å². The minimum atomic E-state index is -0.146. The highest BCUT2D eigenvalue weighted by molar-refractivity contribution is 14.1. The Balaban J connectivity index is 2.79. The van der Waals surface area contributed by atoms with Gasteiger partial charge in [0.25, 0.3) is 0 Å². The van der Waals surface area contributed by atoms with Crippen LogP contribution in [0.2, 0.25) is 0 Å². The molecule has 0 amide bonds. The van der Waals surface area contributed by atoms with Crippen LogP contribution in [0.5, 0.6) is 5.75 Å². The number of methoxy groups -OCH3 is 1. The zero-order chi connectivity index (χ0) is 9.42. The highest BCUT2D eigenvalue weighted by Gasteiger charge is 2.08. The Hall–Kier alpha value is -0.360. The van der Waals surface area contributed by atoms with E-state index < -0.39 is 0 Å². The fraction of sp³-hybridized carbons (Fsp3) is 0.111. The predicted molar refractivity (Wildman–Crippen MR) is 61.1 cm³/mol. The van der Waals surface area contributed by atoms with E-state index in [-0.39, 0.29) is 5.82 Å². The molecular weight excluding hydrogens is 302 g/mol. The van der Waals surface area contributed by atoms with Crippen LogP contribution < -0.4 is 4.74 Å². The number of rotatable bonds is 1. The van der Waals surface area contributed by atoms with Crippen LogP contribution in [-0.4, -0.2) is 7.11 Å². The first-order valence-electron chi connectivity index (χ1n) is 3.62. The SMILES string of the molecule is COc1cc(I)c2c(F)csc2c1. The first-order valence-corrected chi connectivity index (χ1v) is 5.58. The third-order valence-electron chi connectivity index (χ3n) is 1.79. The monoisotopic (exact) mass is 308 g/mol. The predicted octanol–water partition coefficient (Wildman–Crippen LogP) is 3.65. The van der Waals surface area contributed by atoms with Crippen molar-refractivity contribution in [3.05, 3.63) is 26.9 Å². The lowest BCUT2D eigenvalue weighted by Crippen LogP contribution is -1.84. The molecular formula is C9H6FIOS. The molecule has 0 aliphatic rings. The van der Waals surface area contributed by atoms with E-state index in [1.807, 2.05) is 12.1 Å². The van der Waals surface area contributed by atoms with Gasteiger partial charge in [0.1, 0.15) is 11.6 Å². The van der Waals surface area contributed by atoms with Crippen molar-refractivity contribution in [1.29, 1.82) is 0 Å². The molecule has 1 aromatic carbocycles. The smallest absolute Gasteiger partial charge is 0.142 e. The van der Waals surface area contributed by atoms with Gasteiger partial charge in [0, 0.05) is 19.0 Å². The lowest BCUT2D eigenvalue weighted by molar-refractivity contribution is 0.415. The second kappa shape index (κ2) is 3.42. The number of halogens is 2. The molecule has 0 unspecified atom stereocenters. The van der Waals surface area contributed by atoms with E-state index in [4.69, 9.17) is 4.74 Å². The number of hydrogen-bond donors (Lipinski definition) is 0. The van der Waals surface area contributed by atoms with Crippen molar-refractivity contribution in [3.63, 3.8) is 0 Å². The van der Waals surface area contributed by atoms with E-state index >= 15 is 0 Å². The average molecular weight is 308 g/mol. The highest BCUT2D eigenvalue weighted by Crippen LogP contribution is 2.32. The fourth-order valence-corrected chi connectivity index (χ4v) is 3.07. The maximum atomic E-state index is 13.2. The number of fused-ring (bicyclic) bond motifs is 1. The maximum absolute atomic E-state index is 13.2. The van der Waals surface area contributed by atoms with E-state index in [9.17, 15) is 4.39 Å². The topological polar surface area (TPSA) is 9.23 Å². The Bertz CT molecular complexity index is 452. The number of benzene rings is 1. The van der Waals surface area contributed by atoms with Gasteiger partial charge in [0.05, 0.1) is 7.11 Å². The van der Waals surface area contributed by atoms with E-state index in [0.717, 1.165) is 14.0 Å². The summed E-state index contributed by atoms with van der Waals surface area (Å²) in [5, 5.41) is 2.22. The minimum absolute atomic E-state index is 0.146. The summed E-state index contributed by atoms with van der Waals surface area (Å²) in [6, 6.07) is 3.68. The molecule has 1 aromatic heterocycles. The molecule has 4 heteroatoms. The second-order valence-electron chi connectivity index (χ2n) is 2.57. The van der Waals surface area contributed by atoms with E-state index in [1.165, 1.54) is 16.7 Å². The number of thiophene rings is 1. The molecule has 2 rings (SSSR count). The summed E-state index contributed by atoms with van der Waals surface area (Å²) in [6.45, 7) is 0. The molecule has 0 fully saturated rings. The standard InChI is InChI=1S/C9H6FIOS/c1-12-5-2-7(11)9-6(10)4-13-8(9)3-5/h2-4H,1H3. The molecule has 0 radical (unpaired) electrons. The molecule has 1 heterocycles. The third-order valence-corrected chi connectivity index (χ3v) is 3.54. The van der Waals surface area contributed by atoms with Gasteiger partial charge >= 0.3 is 0 Å². The molecule has 2 aromatic rings. The zero-order valence-electron chi connectivity index (χ0n) is 6.80. The quantitative estimate of drug-likeness (QED) is 0.731. The first-order chi connectivity index (χ1) is 6.22. The molecule has 0 saturated heterocycles. The van der Waals surface area contributed by atoms with Crippen molar-refractivity contribution in [1.82, 2.24) is 0 Å². The molecule has 0 spiro atoms. The summed E-state index contributed by atoms with van der Waals surface area (Å²) < 4.78 is 20.1. The molecule has 0 bridgehead atoms. The fourth-order valence-electron chi connectivity index (χ4n) is 1.17. The molecule has 0 saturated carbocycles. The van der Waals surface area contributed by atoms with Crippen molar-refractivity contribution in [2.75, 3.05) is 7.11 Å². The van der Waals surface area contributed by atoms with Gasteiger partial charge in [-0.2, -0.15) is 0 Å². The van der Waals surface area contributed by atoms with Gasteiger partial charge in [-0.3, -0.25) is 0 Å². The summed E-state index contributed by atoms with van der Waals surface area (Å²) in [5.74, 6) is 0.630. The van der Waals surface area contributed by atoms with Crippen LogP contribution in [0.1, 0.15) is 0 Å². The zero-order valence-corrected chi connectivity index (χ0v) is 9.78. The Morgan fingerprint density at radius 1 is 1.46 bits per heavy atom. The van der Waals surface area contributed by atoms with Gasteiger partial charge in [0.15, 0.2) is 0 Å². The molecule has 0 aliphatic heterocycles. The van der Waals surface area contributed by atoms with Gasteiger partial charge in [-0.25, -0.2) is 4.39 Å². The molecule has 13 heavy (non-hydrogen) atoms. The molecule has 0 aliphatic carbocycles. The minimum Gasteiger partial charge on any atom is -0.497 e. The first kappa shape index (κ1) is 9.21. The lowest BCUT2D eigenvalue weighted by Gasteiger charge is -2.01. The van der Waals surface area contributed by atoms with Crippen LogP contribution in [0.3, 0.4) is 0 Å². The van der Waals surface area contributed by atoms with Crippen LogP contribution in [0.25, 0.3) is 10.1 Å². The van der Waals surface area contributed by atoms with Crippen molar-refractivity contribution < 1.29 is 9.13 Å². The largest absolute Gasteiger partial charge is 0.497 e. The lowest BCUT2D eigenvalue weighted by atomic mass is 10.2. The average Bonchev–Trinajstić information content (AvgIpc) is 2.48. The van der Waals surface area contributed by atoms with E-state index in [0.29, 0.717) is 5.39 Å². The Kier molecular flexibility index (Phi) is 2.42. The van der Waals surface area contributed by atoms with Gasteiger partial charge in [-0.1, -0.05) is 0 Å².